The number of benzene rings is 1. The van der Waals surface area contributed by atoms with Crippen LogP contribution in [0.3, 0.4) is 0 Å². The van der Waals surface area contributed by atoms with Gasteiger partial charge in [0.2, 0.25) is 0 Å². The molecule has 2 heterocycles. The van der Waals surface area contributed by atoms with Crippen molar-refractivity contribution in [2.24, 2.45) is 5.92 Å². The van der Waals surface area contributed by atoms with Crippen molar-refractivity contribution in [1.82, 2.24) is 9.88 Å². The maximum atomic E-state index is 6.55. The molecule has 128 valence electrons. The Kier molecular flexibility index (Phi) is 5.39. The van der Waals surface area contributed by atoms with Crippen LogP contribution in [0.2, 0.25) is 10.0 Å². The zero-order valence-electron chi connectivity index (χ0n) is 14.3. The predicted molar refractivity (Wildman–Crippen MR) is 105 cm³/mol. The molecule has 2 nitrogen and oxygen atoms in total. The van der Waals surface area contributed by atoms with E-state index in [-0.39, 0.29) is 0 Å². The van der Waals surface area contributed by atoms with Crippen molar-refractivity contribution in [1.29, 1.82) is 0 Å². The first-order valence-corrected chi connectivity index (χ1v) is 9.28. The third-order valence-corrected chi connectivity index (χ3v) is 5.43. The van der Waals surface area contributed by atoms with Gasteiger partial charge in [-0.1, -0.05) is 35.9 Å². The van der Waals surface area contributed by atoms with Gasteiger partial charge in [-0.05, 0) is 74.7 Å². The second kappa shape index (κ2) is 7.35. The second-order valence-corrected chi connectivity index (χ2v) is 7.46. The molecule has 1 aromatic carbocycles. The largest absolute Gasteiger partial charge is 0.341 e. The summed E-state index contributed by atoms with van der Waals surface area (Å²) in [6.07, 6.45) is 4.56. The highest BCUT2D eigenvalue weighted by molar-refractivity contribution is 6.39. The van der Waals surface area contributed by atoms with E-state index in [2.05, 4.69) is 28.6 Å². The summed E-state index contributed by atoms with van der Waals surface area (Å²) in [7, 11) is 0. The van der Waals surface area contributed by atoms with Crippen LogP contribution in [0.4, 0.5) is 0 Å². The maximum absolute atomic E-state index is 6.55. The van der Waals surface area contributed by atoms with Gasteiger partial charge < -0.3 is 9.88 Å². The van der Waals surface area contributed by atoms with Gasteiger partial charge in [-0.3, -0.25) is 0 Å². The van der Waals surface area contributed by atoms with Crippen molar-refractivity contribution in [3.63, 3.8) is 0 Å². The average Bonchev–Trinajstić information content (AvgIpc) is 2.84. The van der Waals surface area contributed by atoms with Gasteiger partial charge in [0.05, 0.1) is 15.7 Å². The number of halogens is 2. The number of hydrogen-bond donors (Lipinski definition) is 1. The highest BCUT2D eigenvalue weighted by Gasteiger charge is 2.19. The molecule has 0 spiro atoms. The van der Waals surface area contributed by atoms with E-state index >= 15 is 0 Å². The number of nitrogens with one attached hydrogen (secondary N) is 1. The monoisotopic (exact) mass is 362 g/mol. The van der Waals surface area contributed by atoms with Crippen molar-refractivity contribution in [3.05, 3.63) is 44.4 Å². The van der Waals surface area contributed by atoms with E-state index in [4.69, 9.17) is 23.2 Å². The smallest absolute Gasteiger partial charge is 0.0521 e. The molecule has 0 aliphatic carbocycles. The van der Waals surface area contributed by atoms with Crippen LogP contribution in [0, 0.1) is 12.8 Å². The first kappa shape index (κ1) is 17.6. The van der Waals surface area contributed by atoms with Gasteiger partial charge in [0, 0.05) is 17.5 Å². The van der Waals surface area contributed by atoms with Crippen molar-refractivity contribution >= 4 is 35.9 Å². The van der Waals surface area contributed by atoms with Crippen LogP contribution in [0.1, 0.15) is 25.3 Å². The minimum atomic E-state index is 0.609. The van der Waals surface area contributed by atoms with Gasteiger partial charge in [0.1, 0.15) is 0 Å². The lowest BCUT2D eigenvalue weighted by molar-refractivity contribution is 0.336. The molecule has 1 N–H and O–H groups in total. The lowest BCUT2D eigenvalue weighted by atomic mass is 9.99. The van der Waals surface area contributed by atoms with Crippen LogP contribution >= 0.6 is 23.2 Å². The molecular formula is C20H24Cl2N2. The Morgan fingerprint density at radius 2 is 2.00 bits per heavy atom. The van der Waals surface area contributed by atoms with Gasteiger partial charge in [0.25, 0.3) is 0 Å². The van der Waals surface area contributed by atoms with Crippen LogP contribution in [-0.2, 0) is 6.54 Å². The molecule has 0 amide bonds. The third-order valence-electron chi connectivity index (χ3n) is 4.84. The van der Waals surface area contributed by atoms with Gasteiger partial charge in [-0.25, -0.2) is 0 Å². The molecule has 24 heavy (non-hydrogen) atoms. The van der Waals surface area contributed by atoms with Crippen molar-refractivity contribution in [2.45, 2.75) is 33.2 Å². The minimum absolute atomic E-state index is 0.609. The van der Waals surface area contributed by atoms with Crippen molar-refractivity contribution in [3.8, 4) is 11.3 Å². The Balaban J connectivity index is 2.13. The molecule has 4 heteroatoms. The topological polar surface area (TPSA) is 17.0 Å². The fraction of sp³-hybridized carbons (Fsp3) is 0.400. The summed E-state index contributed by atoms with van der Waals surface area (Å²) in [4.78, 5) is 0. The van der Waals surface area contributed by atoms with E-state index in [1.165, 1.54) is 12.8 Å². The molecule has 0 radical (unpaired) electrons. The molecule has 2 aromatic rings. The van der Waals surface area contributed by atoms with Crippen LogP contribution < -0.4 is 15.9 Å². The molecule has 1 aromatic heterocycles. The summed E-state index contributed by atoms with van der Waals surface area (Å²) < 4.78 is 2.29. The predicted octanol–water partition coefficient (Wildman–Crippen LogP) is 3.98. The van der Waals surface area contributed by atoms with Gasteiger partial charge >= 0.3 is 0 Å². The molecule has 0 saturated carbocycles. The number of rotatable bonds is 3. The molecule has 1 atom stereocenters. The van der Waals surface area contributed by atoms with E-state index in [1.807, 2.05) is 26.0 Å². The summed E-state index contributed by atoms with van der Waals surface area (Å²) in [5.41, 5.74) is 3.04. The van der Waals surface area contributed by atoms with Crippen molar-refractivity contribution < 1.29 is 0 Å². The average molecular weight is 363 g/mol. The molecule has 1 aliphatic heterocycles. The maximum Gasteiger partial charge on any atom is 0.0521 e. The Morgan fingerprint density at radius 1 is 1.29 bits per heavy atom. The van der Waals surface area contributed by atoms with Gasteiger partial charge in [0.15, 0.2) is 0 Å². The number of piperidine rings is 1. The Labute approximate surface area is 153 Å². The van der Waals surface area contributed by atoms with Crippen molar-refractivity contribution in [2.75, 3.05) is 13.1 Å². The highest BCUT2D eigenvalue weighted by atomic mass is 35.5. The molecule has 1 aliphatic rings. The van der Waals surface area contributed by atoms with E-state index in [9.17, 15) is 0 Å². The number of aryl methyl sites for hydroxylation is 1. The van der Waals surface area contributed by atoms with Crippen LogP contribution in [-0.4, -0.2) is 17.7 Å². The SMILES string of the molecule is C=c1/c(=C\C)cc(-c2c(Cl)cc(C)cc2Cl)n1C[C@@H]1CCCNC1. The summed E-state index contributed by atoms with van der Waals surface area (Å²) in [5, 5.41) is 7.06. The van der Waals surface area contributed by atoms with Gasteiger partial charge in [-0.2, -0.15) is 0 Å². The summed E-state index contributed by atoms with van der Waals surface area (Å²) in [6.45, 7) is 11.5. The quantitative estimate of drug-likeness (QED) is 0.873. The third kappa shape index (κ3) is 3.42. The summed E-state index contributed by atoms with van der Waals surface area (Å²) in [6, 6.07) is 6.10. The van der Waals surface area contributed by atoms with E-state index in [1.54, 1.807) is 0 Å². The van der Waals surface area contributed by atoms with E-state index in [0.717, 1.165) is 47.0 Å². The van der Waals surface area contributed by atoms with Crippen LogP contribution in [0.5, 0.6) is 0 Å². The normalized spacial score (nSPS) is 19.0. The Hall–Kier alpha value is -1.22. The molecule has 1 saturated heterocycles. The Bertz CT molecular complexity index is 822. The first-order valence-electron chi connectivity index (χ1n) is 8.52. The van der Waals surface area contributed by atoms with Crippen LogP contribution in [0.25, 0.3) is 23.9 Å². The minimum Gasteiger partial charge on any atom is -0.341 e. The fourth-order valence-electron chi connectivity index (χ4n) is 3.56. The molecule has 1 fully saturated rings. The molecule has 3 rings (SSSR count). The van der Waals surface area contributed by atoms with Crippen LogP contribution in [0.15, 0.2) is 18.2 Å². The zero-order valence-corrected chi connectivity index (χ0v) is 15.8. The molecular weight excluding hydrogens is 339 g/mol. The second-order valence-electron chi connectivity index (χ2n) is 6.65. The fourth-order valence-corrected chi connectivity index (χ4v) is 4.35. The number of nitrogens with zero attached hydrogens (tertiary/aromatic N) is 1. The van der Waals surface area contributed by atoms with Gasteiger partial charge in [-0.15, -0.1) is 0 Å². The summed E-state index contributed by atoms with van der Waals surface area (Å²) >= 11 is 13.1. The highest BCUT2D eigenvalue weighted by Crippen LogP contribution is 2.35. The van der Waals surface area contributed by atoms with E-state index < -0.39 is 0 Å². The number of aromatic nitrogens is 1. The lowest BCUT2D eigenvalue weighted by Gasteiger charge is -2.24. The first-order chi connectivity index (χ1) is 11.5. The van der Waals surface area contributed by atoms with E-state index in [0.29, 0.717) is 16.0 Å². The standard InChI is InChI=1S/C20H24Cl2N2/c1-4-16-10-19(20-17(21)8-13(2)9-18(20)22)24(14(16)3)12-15-6-5-7-23-11-15/h4,8-10,15,23H,3,5-7,11-12H2,1-2H3/b16-4-/t15-/m1/s1. The summed E-state index contributed by atoms with van der Waals surface area (Å²) in [5.74, 6) is 0.609. The number of hydrogen-bond acceptors (Lipinski definition) is 1. The Morgan fingerprint density at radius 3 is 2.58 bits per heavy atom. The zero-order chi connectivity index (χ0) is 17.3. The lowest BCUT2D eigenvalue weighted by Crippen LogP contribution is -2.36. The molecule has 0 bridgehead atoms. The molecule has 0 unspecified atom stereocenters.